The second-order valence-corrected chi connectivity index (χ2v) is 28.7. The van der Waals surface area contributed by atoms with E-state index in [2.05, 4.69) is 6.08 Å². The third kappa shape index (κ3) is 6.54. The first kappa shape index (κ1) is 50.4. The van der Waals surface area contributed by atoms with E-state index < -0.39 is 71.1 Å². The maximum atomic E-state index is 13.3. The molecular formula is C64H82O13. The number of aliphatic hydroxyl groups is 4. The van der Waals surface area contributed by atoms with Crippen LogP contribution in [0.1, 0.15) is 187 Å². The molecule has 4 bridgehead atoms. The first-order chi connectivity index (χ1) is 37.0. The zero-order valence-corrected chi connectivity index (χ0v) is 45.3. The van der Waals surface area contributed by atoms with Gasteiger partial charge in [-0.15, -0.1) is 0 Å². The van der Waals surface area contributed by atoms with E-state index in [0.29, 0.717) is 61.1 Å². The summed E-state index contributed by atoms with van der Waals surface area (Å²) in [6.45, 7) is 4.04. The van der Waals surface area contributed by atoms with E-state index in [9.17, 15) is 45.3 Å². The van der Waals surface area contributed by atoms with Crippen molar-refractivity contribution in [3.8, 4) is 17.2 Å². The third-order valence-corrected chi connectivity index (χ3v) is 26.1. The number of carboxylic acid groups (broad SMARTS) is 1. The number of carbonyl (C=O) groups excluding carboxylic acids is 1. The lowest BCUT2D eigenvalue weighted by atomic mass is 9.42. The van der Waals surface area contributed by atoms with Crippen LogP contribution in [0, 0.1) is 74.9 Å². The summed E-state index contributed by atoms with van der Waals surface area (Å²) in [6, 6.07) is 2.36. The molecule has 13 nitrogen and oxygen atoms in total. The summed E-state index contributed by atoms with van der Waals surface area (Å²) in [4.78, 5) is 25.6. The Bertz CT molecular complexity index is 2920. The molecule has 77 heavy (non-hydrogen) atoms. The van der Waals surface area contributed by atoms with Crippen LogP contribution >= 0.6 is 0 Å². The zero-order chi connectivity index (χ0) is 53.0. The second kappa shape index (κ2) is 17.0. The van der Waals surface area contributed by atoms with Crippen LogP contribution in [0.2, 0.25) is 0 Å². The predicted molar refractivity (Wildman–Crippen MR) is 283 cm³/mol. The number of rotatable bonds is 6. The highest BCUT2D eigenvalue weighted by molar-refractivity contribution is 6.11. The minimum atomic E-state index is -1.79. The van der Waals surface area contributed by atoms with Crippen LogP contribution in [0.15, 0.2) is 34.9 Å². The fourth-order valence-corrected chi connectivity index (χ4v) is 23.4. The minimum absolute atomic E-state index is 0.0595. The minimum Gasteiger partial charge on any atom is -0.507 e. The van der Waals surface area contributed by atoms with Crippen LogP contribution in [0.3, 0.4) is 0 Å². The maximum Gasteiger partial charge on any atom is 0.335 e. The highest BCUT2D eigenvalue weighted by Gasteiger charge is 2.74. The molecule has 18 unspecified atom stereocenters. The van der Waals surface area contributed by atoms with E-state index in [1.54, 1.807) is 0 Å². The van der Waals surface area contributed by atoms with Gasteiger partial charge in [-0.25, -0.2) is 4.79 Å². The van der Waals surface area contributed by atoms with Gasteiger partial charge in [0.05, 0.1) is 35.3 Å². The van der Waals surface area contributed by atoms with Crippen LogP contribution < -0.4 is 4.74 Å². The third-order valence-electron chi connectivity index (χ3n) is 26.1. The van der Waals surface area contributed by atoms with E-state index in [1.165, 1.54) is 127 Å². The van der Waals surface area contributed by atoms with Gasteiger partial charge in [0.15, 0.2) is 5.78 Å². The molecule has 9 aliphatic carbocycles. The largest absolute Gasteiger partial charge is 0.507 e. The summed E-state index contributed by atoms with van der Waals surface area (Å²) in [5.74, 6) is -0.771. The molecule has 15 rings (SSSR count). The molecule has 2 aromatic rings. The molecule has 4 aliphatic heterocycles. The lowest BCUT2D eigenvalue weighted by molar-refractivity contribution is -0.339. The number of fused-ring (bicyclic) bond motifs is 5. The van der Waals surface area contributed by atoms with Crippen molar-refractivity contribution >= 4 is 22.5 Å². The van der Waals surface area contributed by atoms with Crippen molar-refractivity contribution in [2.24, 2.45) is 68.0 Å². The number of Topliss-reactive ketones (excluding diaryl/α,β-unsaturated/α-hetero) is 1. The number of aromatic hydroxyl groups is 2. The number of hydrogen-bond donors (Lipinski definition) is 7. The molecule has 0 radical (unpaired) electrons. The average Bonchev–Trinajstić information content (AvgIpc) is 3.91. The van der Waals surface area contributed by atoms with E-state index in [-0.39, 0.29) is 68.4 Å². The highest BCUT2D eigenvalue weighted by atomic mass is 16.7. The van der Waals surface area contributed by atoms with E-state index in [1.807, 2.05) is 0 Å². The molecule has 3 saturated heterocycles. The van der Waals surface area contributed by atoms with Crippen molar-refractivity contribution in [1.29, 1.82) is 0 Å². The Hall–Kier alpha value is -3.56. The Morgan fingerprint density at radius 1 is 0.818 bits per heavy atom. The van der Waals surface area contributed by atoms with Gasteiger partial charge < -0.3 is 54.7 Å². The first-order valence-electron chi connectivity index (χ1n) is 30.4. The summed E-state index contributed by atoms with van der Waals surface area (Å²) in [5.41, 5.74) is 2.24. The van der Waals surface area contributed by atoms with Crippen molar-refractivity contribution in [1.82, 2.24) is 0 Å². The molecule has 4 heterocycles. The number of carbonyl (C=O) groups is 2. The van der Waals surface area contributed by atoms with Crippen LogP contribution in [0.4, 0.5) is 0 Å². The van der Waals surface area contributed by atoms with Crippen molar-refractivity contribution in [3.05, 3.63) is 51.6 Å². The Morgan fingerprint density at radius 2 is 1.61 bits per heavy atom. The number of carboxylic acids is 1. The van der Waals surface area contributed by atoms with E-state index in [0.717, 1.165) is 56.4 Å². The number of phenols is 2. The Labute approximate surface area is 452 Å². The monoisotopic (exact) mass is 1060 g/mol. The van der Waals surface area contributed by atoms with Gasteiger partial charge in [-0.2, -0.15) is 0 Å². The first-order valence-corrected chi connectivity index (χ1v) is 30.4. The van der Waals surface area contributed by atoms with Gasteiger partial charge in [-0.05, 0) is 228 Å². The van der Waals surface area contributed by atoms with Crippen molar-refractivity contribution in [3.63, 3.8) is 0 Å². The summed E-state index contributed by atoms with van der Waals surface area (Å²) in [6.07, 6.45) is 21.4. The number of ketones is 1. The molecule has 13 aliphatic rings. The topological polar surface area (TPSA) is 213 Å². The van der Waals surface area contributed by atoms with Gasteiger partial charge in [-0.1, -0.05) is 31.8 Å². The maximum absolute atomic E-state index is 13.3. The van der Waals surface area contributed by atoms with E-state index >= 15 is 0 Å². The van der Waals surface area contributed by atoms with Crippen molar-refractivity contribution in [2.45, 2.75) is 210 Å². The molecule has 13 heteroatoms. The second-order valence-electron chi connectivity index (χ2n) is 28.7. The quantitative estimate of drug-likeness (QED) is 0.106. The molecule has 2 aromatic carbocycles. The van der Waals surface area contributed by atoms with Gasteiger partial charge in [0.25, 0.3) is 0 Å². The van der Waals surface area contributed by atoms with Crippen LogP contribution in [-0.4, -0.2) is 110 Å². The number of hydrogen-bond acceptors (Lipinski definition) is 12. The zero-order valence-electron chi connectivity index (χ0n) is 45.3. The molecule has 11 fully saturated rings. The molecule has 7 N–H and O–H groups in total. The number of ether oxygens (including phenoxy) is 4. The van der Waals surface area contributed by atoms with Crippen LogP contribution in [0.25, 0.3) is 10.8 Å². The number of aliphatic hydroxyl groups excluding tert-OH is 4. The molecule has 0 amide bonds. The number of aromatic carboxylic acids is 1. The van der Waals surface area contributed by atoms with Gasteiger partial charge in [0, 0.05) is 35.0 Å². The predicted octanol–water partition coefficient (Wildman–Crippen LogP) is 10.1. The summed E-state index contributed by atoms with van der Waals surface area (Å²) < 4.78 is 28.2. The normalized spacial score (nSPS) is 46.7. The number of phenolic OH excluding ortho intramolecular Hbond substituents is 2. The SMILES string of the molecule is CC(=O)c1c(C)c(O)c2cc(C(=O)O)cc(OC3OC4C(O)C5(CCCC5)CC5OC4(CC4C6=C5CC=C6C5(CCO)COCC6CC7(CCC8(CCC9CCCC%10CCCC%10%11CCC98C%11)C7)CC4C65)C(O)C3O)c2c1O. The van der Waals surface area contributed by atoms with Gasteiger partial charge in [0.1, 0.15) is 41.2 Å². The smallest absolute Gasteiger partial charge is 0.335 e. The standard InChI is InChI=1S/C64H82O13/c1-33-46(34(2)66)51(68)48-40(50(33)67)23-35(56(72)73)24-44(48)75-57-52(69)53(70)64-27-41-42-26-58(17-19-61(30-58)16-12-38-8-5-7-37-9-6-15-60(37)18-20-63(38,61)31-60)25-36-29-74-32-62(21-22-65,49(36)42)43-11-10-39(47(41)43)45(77-64)28-59(13-3-4-14-59)54(71)55(64)76-57/h11,23-24,36-38,41-42,45,49,52-55,57,65,67-71H,3-10,12-22,25-32H2,1-2H3,(H,72,73). The van der Waals surface area contributed by atoms with Gasteiger partial charge >= 0.3 is 5.97 Å². The lowest BCUT2D eigenvalue weighted by Gasteiger charge is -2.64. The molecule has 416 valence electrons. The summed E-state index contributed by atoms with van der Waals surface area (Å²) in [5, 5.41) is 83.9. The molecule has 6 spiro atoms. The number of allylic oxidation sites excluding steroid dienone is 2. The molecular weight excluding hydrogens is 977 g/mol. The van der Waals surface area contributed by atoms with Crippen molar-refractivity contribution < 1.29 is 64.3 Å². The average molecular weight is 1060 g/mol. The number of benzene rings is 2. The molecule has 18 atom stereocenters. The fraction of sp³-hybridized carbons (Fsp3) is 0.750. The van der Waals surface area contributed by atoms with Crippen LogP contribution in [-0.2, 0) is 14.2 Å². The van der Waals surface area contributed by atoms with Gasteiger partial charge in [-0.3, -0.25) is 4.79 Å². The Morgan fingerprint density at radius 3 is 2.40 bits per heavy atom. The molecule has 8 saturated carbocycles. The van der Waals surface area contributed by atoms with E-state index in [4.69, 9.17) is 18.9 Å². The highest BCUT2D eigenvalue weighted by Crippen LogP contribution is 2.81. The lowest BCUT2D eigenvalue weighted by Crippen LogP contribution is -2.72. The van der Waals surface area contributed by atoms with Crippen molar-refractivity contribution in [2.75, 3.05) is 19.8 Å². The fourth-order valence-electron chi connectivity index (χ4n) is 23.4. The van der Waals surface area contributed by atoms with Gasteiger partial charge in [0.2, 0.25) is 6.29 Å². The summed E-state index contributed by atoms with van der Waals surface area (Å²) >= 11 is 0. The Kier molecular flexibility index (Phi) is 11.1. The van der Waals surface area contributed by atoms with Crippen LogP contribution in [0.5, 0.6) is 17.2 Å². The Balaban J connectivity index is 0.843. The summed E-state index contributed by atoms with van der Waals surface area (Å²) in [7, 11) is 0. The molecule has 0 aromatic heterocycles.